The molecular weight excluding hydrogens is 264 g/mol. The van der Waals surface area contributed by atoms with Gasteiger partial charge >= 0.3 is 0 Å². The first-order valence-electron chi connectivity index (χ1n) is 6.59. The van der Waals surface area contributed by atoms with Crippen LogP contribution in [0.2, 0.25) is 0 Å². The largest absolute Gasteiger partial charge is 0.371 e. The molecule has 3 unspecified atom stereocenters. The zero-order valence-corrected chi connectivity index (χ0v) is 13.0. The van der Waals surface area contributed by atoms with Crippen LogP contribution in [0.15, 0.2) is 0 Å². The average Bonchev–Trinajstić information content (AvgIpc) is 2.16. The lowest BCUT2D eigenvalue weighted by Crippen LogP contribution is -2.41. The Morgan fingerprint density at radius 1 is 1.31 bits per heavy atom. The molecular formula is C14H27BrO. The highest BCUT2D eigenvalue weighted by Gasteiger charge is 2.34. The topological polar surface area (TPSA) is 9.23 Å². The van der Waals surface area contributed by atoms with Crippen molar-refractivity contribution in [2.24, 2.45) is 17.8 Å². The van der Waals surface area contributed by atoms with Crippen LogP contribution in [-0.4, -0.2) is 17.0 Å². The number of hydrogen-bond acceptors (Lipinski definition) is 1. The monoisotopic (exact) mass is 290 g/mol. The number of ether oxygens (including phenoxy) is 1. The second kappa shape index (κ2) is 5.86. The van der Waals surface area contributed by atoms with E-state index in [4.69, 9.17) is 4.74 Å². The van der Waals surface area contributed by atoms with Gasteiger partial charge in [-0.1, -0.05) is 43.1 Å². The summed E-state index contributed by atoms with van der Waals surface area (Å²) in [6.45, 7) is 11.4. The van der Waals surface area contributed by atoms with Crippen molar-refractivity contribution in [2.45, 2.75) is 65.6 Å². The molecule has 1 saturated carbocycles. The molecule has 1 rings (SSSR count). The van der Waals surface area contributed by atoms with Crippen molar-refractivity contribution in [1.82, 2.24) is 0 Å². The highest BCUT2D eigenvalue weighted by atomic mass is 79.9. The zero-order valence-electron chi connectivity index (χ0n) is 11.4. The minimum atomic E-state index is -0.0329. The summed E-state index contributed by atoms with van der Waals surface area (Å²) >= 11 is 3.54. The normalized spacial score (nSPS) is 32.1. The van der Waals surface area contributed by atoms with Gasteiger partial charge in [-0.05, 0) is 44.4 Å². The summed E-state index contributed by atoms with van der Waals surface area (Å²) in [6, 6.07) is 0. The summed E-state index contributed by atoms with van der Waals surface area (Å²) in [7, 11) is 0. The Balaban J connectivity index is 2.64. The Bertz CT molecular complexity index is 213. The minimum absolute atomic E-state index is 0.0329. The Kier molecular flexibility index (Phi) is 5.31. The lowest BCUT2D eigenvalue weighted by molar-refractivity contribution is -0.111. The maximum absolute atomic E-state index is 6.33. The quantitative estimate of drug-likeness (QED) is 0.686. The zero-order chi connectivity index (χ0) is 12.3. The van der Waals surface area contributed by atoms with Crippen LogP contribution in [-0.2, 0) is 4.74 Å². The maximum Gasteiger partial charge on any atom is 0.0726 e. The third-order valence-corrected chi connectivity index (χ3v) is 5.10. The molecule has 96 valence electrons. The third-order valence-electron chi connectivity index (χ3n) is 3.75. The predicted molar refractivity (Wildman–Crippen MR) is 74.1 cm³/mol. The molecule has 0 N–H and O–H groups in total. The van der Waals surface area contributed by atoms with E-state index in [9.17, 15) is 0 Å². The Morgan fingerprint density at radius 2 is 1.94 bits per heavy atom. The summed E-state index contributed by atoms with van der Waals surface area (Å²) in [4.78, 5) is 0. The number of rotatable bonds is 4. The average molecular weight is 291 g/mol. The second-order valence-electron chi connectivity index (χ2n) is 6.38. The highest BCUT2D eigenvalue weighted by molar-refractivity contribution is 9.09. The molecule has 0 aromatic carbocycles. The molecule has 0 spiro atoms. The van der Waals surface area contributed by atoms with Gasteiger partial charge in [0, 0.05) is 5.33 Å². The first kappa shape index (κ1) is 14.5. The molecule has 2 heteroatoms. The van der Waals surface area contributed by atoms with Crippen LogP contribution in [0.5, 0.6) is 0 Å². The van der Waals surface area contributed by atoms with Crippen LogP contribution in [0.1, 0.15) is 53.9 Å². The van der Waals surface area contributed by atoms with E-state index in [1.807, 2.05) is 0 Å². The molecule has 3 atom stereocenters. The van der Waals surface area contributed by atoms with Crippen molar-refractivity contribution in [3.8, 4) is 0 Å². The molecule has 0 bridgehead atoms. The minimum Gasteiger partial charge on any atom is -0.371 e. The standard InChI is InChI=1S/C14H27BrO/c1-10(2)12-7-6-11(3)8-13(12)16-14(4,5)9-15/h10-13H,6-9H2,1-5H3. The van der Waals surface area contributed by atoms with Gasteiger partial charge in [-0.15, -0.1) is 0 Å². The second-order valence-corrected chi connectivity index (χ2v) is 6.94. The molecule has 0 aliphatic heterocycles. The summed E-state index contributed by atoms with van der Waals surface area (Å²) < 4.78 is 6.33. The SMILES string of the molecule is CC1CCC(C(C)C)C(OC(C)(C)CBr)C1. The highest BCUT2D eigenvalue weighted by Crippen LogP contribution is 2.37. The van der Waals surface area contributed by atoms with Gasteiger partial charge in [0.05, 0.1) is 11.7 Å². The molecule has 0 heterocycles. The van der Waals surface area contributed by atoms with Crippen molar-refractivity contribution in [1.29, 1.82) is 0 Å². The number of alkyl halides is 1. The molecule has 0 saturated heterocycles. The fourth-order valence-corrected chi connectivity index (χ4v) is 2.82. The van der Waals surface area contributed by atoms with E-state index in [2.05, 4.69) is 50.5 Å². The number of hydrogen-bond donors (Lipinski definition) is 0. The molecule has 1 aliphatic rings. The summed E-state index contributed by atoms with van der Waals surface area (Å²) in [5, 5.41) is 0.912. The fraction of sp³-hybridized carbons (Fsp3) is 1.00. The smallest absolute Gasteiger partial charge is 0.0726 e. The van der Waals surface area contributed by atoms with Gasteiger partial charge in [-0.2, -0.15) is 0 Å². The van der Waals surface area contributed by atoms with Gasteiger partial charge in [0.15, 0.2) is 0 Å². The van der Waals surface area contributed by atoms with Gasteiger partial charge in [0.1, 0.15) is 0 Å². The van der Waals surface area contributed by atoms with E-state index in [-0.39, 0.29) is 5.60 Å². The summed E-state index contributed by atoms with van der Waals surface area (Å²) in [5.74, 6) is 2.31. The summed E-state index contributed by atoms with van der Waals surface area (Å²) in [6.07, 6.45) is 4.40. The lowest BCUT2D eigenvalue weighted by Gasteiger charge is -2.41. The first-order chi connectivity index (χ1) is 7.35. The van der Waals surface area contributed by atoms with Crippen molar-refractivity contribution < 1.29 is 4.74 Å². The van der Waals surface area contributed by atoms with Gasteiger partial charge in [0.2, 0.25) is 0 Å². The van der Waals surface area contributed by atoms with E-state index in [1.54, 1.807) is 0 Å². The Morgan fingerprint density at radius 3 is 2.44 bits per heavy atom. The fourth-order valence-electron chi connectivity index (χ4n) is 2.69. The molecule has 16 heavy (non-hydrogen) atoms. The maximum atomic E-state index is 6.33. The summed E-state index contributed by atoms with van der Waals surface area (Å²) in [5.41, 5.74) is -0.0329. The van der Waals surface area contributed by atoms with Crippen LogP contribution in [0.25, 0.3) is 0 Å². The first-order valence-corrected chi connectivity index (χ1v) is 7.71. The van der Waals surface area contributed by atoms with Crippen molar-refractivity contribution in [3.63, 3.8) is 0 Å². The van der Waals surface area contributed by atoms with Crippen LogP contribution >= 0.6 is 15.9 Å². The van der Waals surface area contributed by atoms with Crippen LogP contribution in [0.4, 0.5) is 0 Å². The third kappa shape index (κ3) is 4.03. The van der Waals surface area contributed by atoms with Crippen molar-refractivity contribution in [2.75, 3.05) is 5.33 Å². The van der Waals surface area contributed by atoms with Gasteiger partial charge in [0.25, 0.3) is 0 Å². The van der Waals surface area contributed by atoms with Crippen molar-refractivity contribution in [3.05, 3.63) is 0 Å². The van der Waals surface area contributed by atoms with E-state index in [0.29, 0.717) is 6.10 Å². The van der Waals surface area contributed by atoms with Gasteiger partial charge in [-0.25, -0.2) is 0 Å². The predicted octanol–water partition coefficient (Wildman–Crippen LogP) is 4.64. The van der Waals surface area contributed by atoms with Crippen LogP contribution in [0, 0.1) is 17.8 Å². The van der Waals surface area contributed by atoms with E-state index >= 15 is 0 Å². The van der Waals surface area contributed by atoms with E-state index < -0.39 is 0 Å². The van der Waals surface area contributed by atoms with Crippen LogP contribution < -0.4 is 0 Å². The molecule has 1 aliphatic carbocycles. The van der Waals surface area contributed by atoms with Gasteiger partial charge < -0.3 is 4.74 Å². The molecule has 0 amide bonds. The van der Waals surface area contributed by atoms with E-state index in [0.717, 1.165) is 23.1 Å². The molecule has 0 radical (unpaired) electrons. The van der Waals surface area contributed by atoms with Crippen LogP contribution in [0.3, 0.4) is 0 Å². The molecule has 1 nitrogen and oxygen atoms in total. The molecule has 0 aromatic rings. The Hall–Kier alpha value is 0.440. The van der Waals surface area contributed by atoms with Gasteiger partial charge in [-0.3, -0.25) is 0 Å². The Labute approximate surface area is 109 Å². The van der Waals surface area contributed by atoms with Crippen molar-refractivity contribution >= 4 is 15.9 Å². The lowest BCUT2D eigenvalue weighted by atomic mass is 9.75. The van der Waals surface area contributed by atoms with E-state index in [1.165, 1.54) is 19.3 Å². The molecule has 1 fully saturated rings. The number of halogens is 1. The molecule has 0 aromatic heterocycles.